The van der Waals surface area contributed by atoms with Gasteiger partial charge in [0.1, 0.15) is 12.3 Å². The van der Waals surface area contributed by atoms with Crippen molar-refractivity contribution in [2.24, 2.45) is 0 Å². The lowest BCUT2D eigenvalue weighted by Crippen LogP contribution is -2.13. The molecule has 25 heavy (non-hydrogen) atoms. The molecule has 0 amide bonds. The molecule has 0 aliphatic carbocycles. The van der Waals surface area contributed by atoms with Crippen LogP contribution in [-0.4, -0.2) is 17.8 Å². The molecule has 0 fully saturated rings. The van der Waals surface area contributed by atoms with Crippen molar-refractivity contribution in [3.8, 4) is 0 Å². The van der Waals surface area contributed by atoms with E-state index in [4.69, 9.17) is 4.18 Å². The summed E-state index contributed by atoms with van der Waals surface area (Å²) in [4.78, 5) is 3.40. The van der Waals surface area contributed by atoms with Gasteiger partial charge in [0.05, 0.1) is 10.6 Å². The molecule has 2 aromatic heterocycles. The third-order valence-electron chi connectivity index (χ3n) is 3.33. The van der Waals surface area contributed by atoms with Gasteiger partial charge in [-0.05, 0) is 40.2 Å². The van der Waals surface area contributed by atoms with Crippen molar-refractivity contribution in [2.75, 3.05) is 0 Å². The normalized spacial score (nSPS) is 12.6. The summed E-state index contributed by atoms with van der Waals surface area (Å²) in [5.74, 6) is 0. The third kappa shape index (κ3) is 3.70. The summed E-state index contributed by atoms with van der Waals surface area (Å²) in [6.45, 7) is -0.802. The van der Waals surface area contributed by atoms with Crippen molar-refractivity contribution in [1.29, 1.82) is 0 Å². The van der Waals surface area contributed by atoms with Gasteiger partial charge in [-0.25, -0.2) is 4.98 Å². The number of hydrogen-bond donors (Lipinski definition) is 0. The minimum Gasteiger partial charge on any atom is -0.300 e. The minimum atomic E-state index is -4.74. The molecule has 0 saturated heterocycles. The Bertz CT molecular complexity index is 1020. The largest absolute Gasteiger partial charge is 0.435 e. The van der Waals surface area contributed by atoms with Crippen molar-refractivity contribution in [2.45, 2.75) is 17.7 Å². The molecule has 3 rings (SSSR count). The zero-order chi connectivity index (χ0) is 18.2. The molecule has 10 heteroatoms. The van der Waals surface area contributed by atoms with Gasteiger partial charge in [-0.1, -0.05) is 18.2 Å². The highest BCUT2D eigenvalue weighted by Gasteiger charge is 2.38. The van der Waals surface area contributed by atoms with Crippen LogP contribution in [0.15, 0.2) is 58.0 Å². The van der Waals surface area contributed by atoms with Gasteiger partial charge in [0, 0.05) is 10.7 Å². The summed E-state index contributed by atoms with van der Waals surface area (Å²) in [5, 5.41) is 0. The standard InChI is InChI=1S/C15H10BrF3N2O3S/c16-10-6-7-13-20-14(15(17,18)19)12(21(13)8-10)9-24-25(22,23)11-4-2-1-3-5-11/h1-8H,9H2. The molecular weight excluding hydrogens is 425 g/mol. The SMILES string of the molecule is O=S(=O)(OCc1c(C(F)(F)F)nc2ccc(Br)cn12)c1ccccc1. The molecular formula is C15H10BrF3N2O3S. The second kappa shape index (κ2) is 6.43. The molecule has 0 aliphatic rings. The van der Waals surface area contributed by atoms with Crippen LogP contribution in [0.25, 0.3) is 5.65 Å². The summed E-state index contributed by atoms with van der Waals surface area (Å²) in [6.07, 6.45) is -3.38. The maximum absolute atomic E-state index is 13.2. The average molecular weight is 435 g/mol. The molecule has 2 heterocycles. The van der Waals surface area contributed by atoms with Gasteiger partial charge < -0.3 is 0 Å². The van der Waals surface area contributed by atoms with E-state index < -0.39 is 34.3 Å². The summed E-state index contributed by atoms with van der Waals surface area (Å²) in [5.41, 5.74) is -1.55. The molecule has 0 radical (unpaired) electrons. The number of benzene rings is 1. The molecule has 0 aliphatic heterocycles. The van der Waals surface area contributed by atoms with Crippen LogP contribution < -0.4 is 0 Å². The molecule has 1 aromatic carbocycles. The zero-order valence-corrected chi connectivity index (χ0v) is 14.8. The summed E-state index contributed by atoms with van der Waals surface area (Å²) >= 11 is 3.16. The van der Waals surface area contributed by atoms with Crippen LogP contribution in [0.1, 0.15) is 11.4 Å². The Kier molecular flexibility index (Phi) is 4.60. The fourth-order valence-corrected chi connectivity index (χ4v) is 3.45. The molecule has 0 bridgehead atoms. The van der Waals surface area contributed by atoms with E-state index in [9.17, 15) is 21.6 Å². The first-order valence-corrected chi connectivity index (χ1v) is 9.07. The summed E-state index contributed by atoms with van der Waals surface area (Å²) in [6, 6.07) is 10.1. The van der Waals surface area contributed by atoms with Crippen LogP contribution in [-0.2, 0) is 27.1 Å². The van der Waals surface area contributed by atoms with E-state index in [0.29, 0.717) is 4.47 Å². The Hall–Kier alpha value is -1.91. The van der Waals surface area contributed by atoms with Crippen LogP contribution in [0.5, 0.6) is 0 Å². The van der Waals surface area contributed by atoms with E-state index >= 15 is 0 Å². The number of aromatic nitrogens is 2. The average Bonchev–Trinajstić information content (AvgIpc) is 2.92. The Morgan fingerprint density at radius 1 is 1.12 bits per heavy atom. The number of nitrogens with zero attached hydrogens (tertiary/aromatic N) is 2. The number of imidazole rings is 1. The molecule has 0 atom stereocenters. The van der Waals surface area contributed by atoms with E-state index in [1.807, 2.05) is 0 Å². The van der Waals surface area contributed by atoms with Crippen LogP contribution in [0, 0.1) is 0 Å². The Morgan fingerprint density at radius 2 is 1.80 bits per heavy atom. The number of fused-ring (bicyclic) bond motifs is 1. The highest BCUT2D eigenvalue weighted by molar-refractivity contribution is 9.10. The first kappa shape index (κ1) is 17.9. The monoisotopic (exact) mass is 434 g/mol. The van der Waals surface area contributed by atoms with E-state index in [1.54, 1.807) is 6.07 Å². The maximum atomic E-state index is 13.2. The lowest BCUT2D eigenvalue weighted by Gasteiger charge is -2.09. The van der Waals surface area contributed by atoms with Crippen molar-refractivity contribution in [3.63, 3.8) is 0 Å². The molecule has 0 saturated carbocycles. The number of pyridine rings is 1. The van der Waals surface area contributed by atoms with Crippen molar-refractivity contribution >= 4 is 31.7 Å². The maximum Gasteiger partial charge on any atom is 0.435 e. The van der Waals surface area contributed by atoms with E-state index in [-0.39, 0.29) is 10.5 Å². The van der Waals surface area contributed by atoms with Gasteiger partial charge >= 0.3 is 6.18 Å². The molecule has 0 spiro atoms. The van der Waals surface area contributed by atoms with Crippen LogP contribution in [0.3, 0.4) is 0 Å². The minimum absolute atomic E-state index is 0.0336. The lowest BCUT2D eigenvalue weighted by molar-refractivity contribution is -0.141. The number of rotatable bonds is 4. The lowest BCUT2D eigenvalue weighted by atomic mass is 10.3. The number of alkyl halides is 3. The van der Waals surface area contributed by atoms with Gasteiger partial charge in [-0.2, -0.15) is 21.6 Å². The molecule has 132 valence electrons. The molecule has 0 N–H and O–H groups in total. The fraction of sp³-hybridized carbons (Fsp3) is 0.133. The van der Waals surface area contributed by atoms with Crippen molar-refractivity contribution in [1.82, 2.24) is 9.38 Å². The molecule has 0 unspecified atom stereocenters. The first-order chi connectivity index (χ1) is 11.7. The van der Waals surface area contributed by atoms with Crippen molar-refractivity contribution < 1.29 is 25.8 Å². The van der Waals surface area contributed by atoms with Gasteiger partial charge in [0.2, 0.25) is 0 Å². The van der Waals surface area contributed by atoms with E-state index in [1.165, 1.54) is 42.6 Å². The molecule has 3 aromatic rings. The fourth-order valence-electron chi connectivity index (χ4n) is 2.22. The highest BCUT2D eigenvalue weighted by atomic mass is 79.9. The van der Waals surface area contributed by atoms with Crippen molar-refractivity contribution in [3.05, 3.63) is 64.5 Å². The number of halogens is 4. The Labute approximate surface area is 149 Å². The van der Waals surface area contributed by atoms with Gasteiger partial charge in [-0.3, -0.25) is 8.58 Å². The van der Waals surface area contributed by atoms with E-state index in [2.05, 4.69) is 20.9 Å². The smallest absolute Gasteiger partial charge is 0.300 e. The van der Waals surface area contributed by atoms with Crippen LogP contribution in [0.2, 0.25) is 0 Å². The quantitative estimate of drug-likeness (QED) is 0.581. The molecule has 5 nitrogen and oxygen atoms in total. The summed E-state index contributed by atoms with van der Waals surface area (Å²) in [7, 11) is -4.20. The predicted molar refractivity (Wildman–Crippen MR) is 86.3 cm³/mol. The Balaban J connectivity index is 2.02. The third-order valence-corrected chi connectivity index (χ3v) is 5.08. The van der Waals surface area contributed by atoms with Gasteiger partial charge in [-0.15, -0.1) is 0 Å². The first-order valence-electron chi connectivity index (χ1n) is 6.86. The van der Waals surface area contributed by atoms with Crippen LogP contribution >= 0.6 is 15.9 Å². The number of hydrogen-bond acceptors (Lipinski definition) is 4. The second-order valence-electron chi connectivity index (χ2n) is 5.01. The zero-order valence-electron chi connectivity index (χ0n) is 12.4. The van der Waals surface area contributed by atoms with E-state index in [0.717, 1.165) is 4.40 Å². The van der Waals surface area contributed by atoms with Gasteiger partial charge in [0.25, 0.3) is 10.1 Å². The second-order valence-corrected chi connectivity index (χ2v) is 7.54. The highest BCUT2D eigenvalue weighted by Crippen LogP contribution is 2.33. The predicted octanol–water partition coefficient (Wildman–Crippen LogP) is 4.02. The van der Waals surface area contributed by atoms with Crippen LogP contribution in [0.4, 0.5) is 13.2 Å². The van der Waals surface area contributed by atoms with Gasteiger partial charge in [0.15, 0.2) is 5.69 Å². The topological polar surface area (TPSA) is 60.7 Å². The Morgan fingerprint density at radius 3 is 2.44 bits per heavy atom. The summed E-state index contributed by atoms with van der Waals surface area (Å²) < 4.78 is 70.5.